The molecule has 0 bridgehead atoms. The number of hydrogen-bond donors (Lipinski definition) is 3. The van der Waals surface area contributed by atoms with Crippen LogP contribution in [0.5, 0.6) is 0 Å². The van der Waals surface area contributed by atoms with E-state index in [9.17, 15) is 5.11 Å². The Hall–Kier alpha value is -0.870. The Morgan fingerprint density at radius 1 is 1.71 bits per heavy atom. The van der Waals surface area contributed by atoms with Gasteiger partial charge in [-0.25, -0.2) is 0 Å². The van der Waals surface area contributed by atoms with E-state index in [0.29, 0.717) is 0 Å². The lowest BCUT2D eigenvalue weighted by Gasteiger charge is -2.32. The van der Waals surface area contributed by atoms with E-state index >= 15 is 0 Å². The van der Waals surface area contributed by atoms with Crippen molar-refractivity contribution in [3.05, 3.63) is 11.6 Å². The summed E-state index contributed by atoms with van der Waals surface area (Å²) in [6.45, 7) is 1.44. The van der Waals surface area contributed by atoms with Crippen LogP contribution >= 0.6 is 0 Å². The Morgan fingerprint density at radius 2 is 2.43 bits per heavy atom. The number of aliphatic hydroxyl groups excluding tert-OH is 1. The van der Waals surface area contributed by atoms with Crippen molar-refractivity contribution in [2.24, 2.45) is 11.1 Å². The van der Waals surface area contributed by atoms with Crippen LogP contribution in [-0.4, -0.2) is 33.8 Å². The van der Waals surface area contributed by atoms with Crippen LogP contribution in [0.3, 0.4) is 0 Å². The molecule has 0 radical (unpaired) electrons. The molecular formula is C10H17NO3. The van der Waals surface area contributed by atoms with Crippen LogP contribution < -0.4 is 0 Å². The van der Waals surface area contributed by atoms with E-state index in [0.717, 1.165) is 24.8 Å². The molecule has 0 fully saturated rings. The van der Waals surface area contributed by atoms with Crippen molar-refractivity contribution in [1.29, 1.82) is 0 Å². The third-order valence-electron chi connectivity index (χ3n) is 2.87. The average Bonchev–Trinajstić information content (AvgIpc) is 2.19. The van der Waals surface area contributed by atoms with Crippen molar-refractivity contribution in [3.8, 4) is 0 Å². The molecule has 0 spiro atoms. The largest absolute Gasteiger partial charge is 0.411 e. The van der Waals surface area contributed by atoms with Gasteiger partial charge in [0.15, 0.2) is 0 Å². The van der Waals surface area contributed by atoms with Gasteiger partial charge in [-0.3, -0.25) is 0 Å². The third kappa shape index (κ3) is 2.56. The highest BCUT2D eigenvalue weighted by Gasteiger charge is 2.31. The molecule has 1 aliphatic rings. The Balaban J connectivity index is 2.58. The average molecular weight is 199 g/mol. The van der Waals surface area contributed by atoms with E-state index in [4.69, 9.17) is 10.3 Å². The van der Waals surface area contributed by atoms with Gasteiger partial charge in [0, 0.05) is 0 Å². The molecule has 80 valence electrons. The number of nitrogens with zero attached hydrogens (tertiary/aromatic N) is 1. The molecule has 0 saturated heterocycles. The van der Waals surface area contributed by atoms with Crippen LogP contribution in [0, 0.1) is 5.92 Å². The Labute approximate surface area is 83.6 Å². The van der Waals surface area contributed by atoms with Gasteiger partial charge in [0.25, 0.3) is 0 Å². The van der Waals surface area contributed by atoms with E-state index < -0.39 is 5.60 Å². The maximum absolute atomic E-state index is 9.80. The Bertz CT molecular complexity index is 246. The van der Waals surface area contributed by atoms with Crippen molar-refractivity contribution < 1.29 is 15.4 Å². The Morgan fingerprint density at radius 3 is 2.86 bits per heavy atom. The third-order valence-corrected chi connectivity index (χ3v) is 2.87. The zero-order chi connectivity index (χ0) is 10.6. The first-order valence-corrected chi connectivity index (χ1v) is 4.80. The molecule has 4 heteroatoms. The highest BCUT2D eigenvalue weighted by molar-refractivity contribution is 5.78. The van der Waals surface area contributed by atoms with Crippen molar-refractivity contribution in [1.82, 2.24) is 0 Å². The van der Waals surface area contributed by atoms with Gasteiger partial charge >= 0.3 is 0 Å². The van der Waals surface area contributed by atoms with Gasteiger partial charge < -0.3 is 15.4 Å². The topological polar surface area (TPSA) is 73.0 Å². The second-order valence-electron chi connectivity index (χ2n) is 4.01. The van der Waals surface area contributed by atoms with Crippen molar-refractivity contribution in [2.75, 3.05) is 6.61 Å². The number of allylic oxidation sites excluding steroid dienone is 2. The van der Waals surface area contributed by atoms with Gasteiger partial charge in [-0.2, -0.15) is 0 Å². The van der Waals surface area contributed by atoms with Crippen LogP contribution in [0.1, 0.15) is 26.2 Å². The standard InChI is InChI=1S/C10H17NO3/c1-10(13,7-12)9-4-2-8(3-5-9)6-11-14/h2,6,9,12-14H,3-5,7H2,1H3/b11-6+. The monoisotopic (exact) mass is 199 g/mol. The van der Waals surface area contributed by atoms with Gasteiger partial charge in [-0.1, -0.05) is 11.2 Å². The van der Waals surface area contributed by atoms with Gasteiger partial charge in [0.2, 0.25) is 0 Å². The lowest BCUT2D eigenvalue weighted by molar-refractivity contribution is -0.0494. The summed E-state index contributed by atoms with van der Waals surface area (Å²) in [5.41, 5.74) is -0.0178. The first-order valence-electron chi connectivity index (χ1n) is 4.80. The highest BCUT2D eigenvalue weighted by atomic mass is 16.4. The van der Waals surface area contributed by atoms with Gasteiger partial charge in [0.1, 0.15) is 0 Å². The molecule has 0 saturated carbocycles. The van der Waals surface area contributed by atoms with E-state index in [1.54, 1.807) is 6.92 Å². The minimum absolute atomic E-state index is 0.0864. The van der Waals surface area contributed by atoms with Crippen molar-refractivity contribution in [3.63, 3.8) is 0 Å². The second-order valence-corrected chi connectivity index (χ2v) is 4.01. The minimum Gasteiger partial charge on any atom is -0.411 e. The first-order chi connectivity index (χ1) is 6.60. The lowest BCUT2D eigenvalue weighted by atomic mass is 9.79. The van der Waals surface area contributed by atoms with E-state index in [2.05, 4.69) is 5.16 Å². The fourth-order valence-corrected chi connectivity index (χ4v) is 1.74. The zero-order valence-electron chi connectivity index (χ0n) is 8.35. The molecule has 0 aliphatic heterocycles. The number of hydrogen-bond acceptors (Lipinski definition) is 4. The molecule has 4 nitrogen and oxygen atoms in total. The summed E-state index contributed by atoms with van der Waals surface area (Å²) in [7, 11) is 0. The molecule has 0 aromatic rings. The summed E-state index contributed by atoms with van der Waals surface area (Å²) in [6.07, 6.45) is 5.67. The predicted octanol–water partition coefficient (Wildman–Crippen LogP) is 0.916. The molecule has 0 amide bonds. The smallest absolute Gasteiger partial charge is 0.0880 e. The van der Waals surface area contributed by atoms with Crippen LogP contribution in [0.2, 0.25) is 0 Å². The zero-order valence-corrected chi connectivity index (χ0v) is 8.35. The summed E-state index contributed by atoms with van der Waals surface area (Å²) in [5, 5.41) is 30.1. The van der Waals surface area contributed by atoms with Gasteiger partial charge in [0.05, 0.1) is 18.4 Å². The van der Waals surface area contributed by atoms with E-state index in [1.165, 1.54) is 6.21 Å². The molecule has 3 N–H and O–H groups in total. The molecule has 2 atom stereocenters. The molecule has 0 aromatic heterocycles. The van der Waals surface area contributed by atoms with E-state index in [1.807, 2.05) is 6.08 Å². The van der Waals surface area contributed by atoms with Crippen LogP contribution in [-0.2, 0) is 0 Å². The lowest BCUT2D eigenvalue weighted by Crippen LogP contribution is -2.39. The molecule has 0 aromatic carbocycles. The maximum atomic E-state index is 9.80. The maximum Gasteiger partial charge on any atom is 0.0880 e. The van der Waals surface area contributed by atoms with Crippen molar-refractivity contribution in [2.45, 2.75) is 31.8 Å². The Kier molecular flexibility index (Phi) is 3.66. The van der Waals surface area contributed by atoms with Crippen molar-refractivity contribution >= 4 is 6.21 Å². The molecule has 1 rings (SSSR count). The second kappa shape index (κ2) is 4.57. The fraction of sp³-hybridized carbons (Fsp3) is 0.700. The predicted molar refractivity (Wildman–Crippen MR) is 53.4 cm³/mol. The number of oxime groups is 1. The number of rotatable bonds is 3. The molecule has 1 aliphatic carbocycles. The van der Waals surface area contributed by atoms with Crippen LogP contribution in [0.4, 0.5) is 0 Å². The normalized spacial score (nSPS) is 27.4. The first kappa shape index (κ1) is 11.2. The fourth-order valence-electron chi connectivity index (χ4n) is 1.74. The summed E-state index contributed by atoms with van der Waals surface area (Å²) < 4.78 is 0. The summed E-state index contributed by atoms with van der Waals surface area (Å²) in [5.74, 6) is 0.0864. The van der Waals surface area contributed by atoms with Gasteiger partial charge in [-0.05, 0) is 37.7 Å². The number of aliphatic hydroxyl groups is 2. The van der Waals surface area contributed by atoms with Crippen LogP contribution in [0.25, 0.3) is 0 Å². The summed E-state index contributed by atoms with van der Waals surface area (Å²) >= 11 is 0. The quantitative estimate of drug-likeness (QED) is 0.359. The molecular weight excluding hydrogens is 182 g/mol. The summed E-state index contributed by atoms with van der Waals surface area (Å²) in [4.78, 5) is 0. The highest BCUT2D eigenvalue weighted by Crippen LogP contribution is 2.31. The van der Waals surface area contributed by atoms with Crippen LogP contribution in [0.15, 0.2) is 16.8 Å². The van der Waals surface area contributed by atoms with E-state index in [-0.39, 0.29) is 12.5 Å². The van der Waals surface area contributed by atoms with Gasteiger partial charge in [-0.15, -0.1) is 0 Å². The minimum atomic E-state index is -1.00. The SMILES string of the molecule is CC(O)(CO)C1CC=C(/C=N/O)CC1. The molecule has 0 heterocycles. The molecule has 2 unspecified atom stereocenters. The summed E-state index contributed by atoms with van der Waals surface area (Å²) in [6, 6.07) is 0. The molecule has 14 heavy (non-hydrogen) atoms.